The maximum absolute atomic E-state index is 11.8. The highest BCUT2D eigenvalue weighted by atomic mass is 16.1. The van der Waals surface area contributed by atoms with Gasteiger partial charge < -0.3 is 4.90 Å². The highest BCUT2D eigenvalue weighted by Crippen LogP contribution is 2.25. The van der Waals surface area contributed by atoms with E-state index in [2.05, 4.69) is 10.00 Å². The number of hydrogen-bond donors (Lipinski definition) is 0. The number of carbonyl (C=O) groups excluding carboxylic acids is 1. The fourth-order valence-electron chi connectivity index (χ4n) is 3.52. The van der Waals surface area contributed by atoms with Gasteiger partial charge in [-0.2, -0.15) is 5.10 Å². The molecule has 3 heterocycles. The number of piperidine rings is 1. The third-order valence-corrected chi connectivity index (χ3v) is 5.02. The quantitative estimate of drug-likeness (QED) is 0.661. The van der Waals surface area contributed by atoms with Crippen LogP contribution in [0.25, 0.3) is 17.2 Å². The molecule has 1 saturated heterocycles. The van der Waals surface area contributed by atoms with Crippen LogP contribution in [0.15, 0.2) is 42.6 Å². The largest absolute Gasteiger partial charge is 0.356 e. The molecular formula is C21H23N5O. The highest BCUT2D eigenvalue weighted by molar-refractivity contribution is 5.95. The molecule has 0 aliphatic carbocycles. The van der Waals surface area contributed by atoms with Crippen LogP contribution in [0, 0.1) is 6.92 Å². The summed E-state index contributed by atoms with van der Waals surface area (Å²) in [6.07, 6.45) is 5.23. The maximum Gasteiger partial charge on any atom is 0.163 e. The number of nitrogens with zero attached hydrogens (tertiary/aromatic N) is 5. The minimum absolute atomic E-state index is 0.00680. The van der Waals surface area contributed by atoms with E-state index in [-0.39, 0.29) is 5.78 Å². The molecule has 1 aliphatic rings. The van der Waals surface area contributed by atoms with E-state index in [0.29, 0.717) is 17.2 Å². The summed E-state index contributed by atoms with van der Waals surface area (Å²) in [6.45, 7) is 5.46. The second kappa shape index (κ2) is 7.31. The van der Waals surface area contributed by atoms with Crippen molar-refractivity contribution in [2.75, 3.05) is 18.0 Å². The topological polar surface area (TPSA) is 63.9 Å². The van der Waals surface area contributed by atoms with E-state index in [1.165, 1.54) is 19.3 Å². The fourth-order valence-corrected chi connectivity index (χ4v) is 3.52. The van der Waals surface area contributed by atoms with Crippen molar-refractivity contribution in [3.05, 3.63) is 53.9 Å². The van der Waals surface area contributed by atoms with E-state index >= 15 is 0 Å². The molecule has 1 aliphatic heterocycles. The predicted octanol–water partition coefficient (Wildman–Crippen LogP) is 3.83. The van der Waals surface area contributed by atoms with Gasteiger partial charge in [-0.15, -0.1) is 0 Å². The summed E-state index contributed by atoms with van der Waals surface area (Å²) >= 11 is 0. The zero-order valence-corrected chi connectivity index (χ0v) is 15.7. The zero-order valence-electron chi connectivity index (χ0n) is 15.7. The average molecular weight is 361 g/mol. The monoisotopic (exact) mass is 361 g/mol. The highest BCUT2D eigenvalue weighted by Gasteiger charge is 2.18. The zero-order chi connectivity index (χ0) is 18.8. The number of anilines is 1. The van der Waals surface area contributed by atoms with Crippen LogP contribution >= 0.6 is 0 Å². The Labute approximate surface area is 158 Å². The Bertz CT molecular complexity index is 958. The van der Waals surface area contributed by atoms with E-state index in [1.54, 1.807) is 17.8 Å². The van der Waals surface area contributed by atoms with E-state index in [4.69, 9.17) is 9.97 Å². The van der Waals surface area contributed by atoms with Crippen LogP contribution in [0.2, 0.25) is 0 Å². The van der Waals surface area contributed by atoms with Gasteiger partial charge in [-0.05, 0) is 33.1 Å². The van der Waals surface area contributed by atoms with Crippen LogP contribution < -0.4 is 4.90 Å². The van der Waals surface area contributed by atoms with Gasteiger partial charge >= 0.3 is 0 Å². The van der Waals surface area contributed by atoms with Crippen LogP contribution in [0.4, 0.5) is 5.82 Å². The standard InChI is InChI=1S/C21H23N5O/c1-15-18(16(2)27)14-22-26(15)20-13-19(25-11-7-4-8-12-25)23-21(24-20)17-9-5-3-6-10-17/h3,5-6,9-10,13-14H,4,7-8,11-12H2,1-2H3. The Balaban J connectivity index is 1.84. The predicted molar refractivity (Wildman–Crippen MR) is 105 cm³/mol. The van der Waals surface area contributed by atoms with Gasteiger partial charge in [0.1, 0.15) is 5.82 Å². The smallest absolute Gasteiger partial charge is 0.163 e. The maximum atomic E-state index is 11.8. The number of aromatic nitrogens is 4. The van der Waals surface area contributed by atoms with E-state index < -0.39 is 0 Å². The molecule has 0 radical (unpaired) electrons. The number of benzene rings is 1. The lowest BCUT2D eigenvalue weighted by Gasteiger charge is -2.28. The molecule has 0 bridgehead atoms. The molecule has 1 fully saturated rings. The SMILES string of the molecule is CC(=O)c1cnn(-c2cc(N3CCCCC3)nc(-c3ccccc3)n2)c1C. The van der Waals surface area contributed by atoms with Crippen molar-refractivity contribution in [2.24, 2.45) is 0 Å². The number of rotatable bonds is 4. The summed E-state index contributed by atoms with van der Waals surface area (Å²) in [7, 11) is 0. The summed E-state index contributed by atoms with van der Waals surface area (Å²) in [5.74, 6) is 2.28. The van der Waals surface area contributed by atoms with Crippen LogP contribution in [0.5, 0.6) is 0 Å². The van der Waals surface area contributed by atoms with Crippen molar-refractivity contribution in [1.29, 1.82) is 0 Å². The Kier molecular flexibility index (Phi) is 4.71. The molecule has 3 aromatic rings. The third kappa shape index (κ3) is 3.47. The van der Waals surface area contributed by atoms with Gasteiger partial charge in [-0.3, -0.25) is 4.79 Å². The van der Waals surface area contributed by atoms with Crippen LogP contribution in [0.3, 0.4) is 0 Å². The van der Waals surface area contributed by atoms with E-state index in [9.17, 15) is 4.79 Å². The van der Waals surface area contributed by atoms with Crippen molar-refractivity contribution in [3.63, 3.8) is 0 Å². The summed E-state index contributed by atoms with van der Waals surface area (Å²) in [6, 6.07) is 11.9. The van der Waals surface area contributed by atoms with Crippen molar-refractivity contribution < 1.29 is 4.79 Å². The number of hydrogen-bond acceptors (Lipinski definition) is 5. The van der Waals surface area contributed by atoms with Crippen LogP contribution in [-0.2, 0) is 0 Å². The van der Waals surface area contributed by atoms with Crippen LogP contribution in [-0.4, -0.2) is 38.6 Å². The Hall–Kier alpha value is -3.02. The molecule has 27 heavy (non-hydrogen) atoms. The molecule has 6 heteroatoms. The van der Waals surface area contributed by atoms with Gasteiger partial charge in [0.2, 0.25) is 0 Å². The molecule has 1 aromatic carbocycles. The van der Waals surface area contributed by atoms with Crippen molar-refractivity contribution in [2.45, 2.75) is 33.1 Å². The Morgan fingerprint density at radius 1 is 1.00 bits per heavy atom. The molecule has 138 valence electrons. The number of carbonyl (C=O) groups is 1. The molecule has 2 aromatic heterocycles. The minimum Gasteiger partial charge on any atom is -0.356 e. The first-order chi connectivity index (χ1) is 13.1. The number of Topliss-reactive ketones (excluding diaryl/α,β-unsaturated/α-hetero) is 1. The van der Waals surface area contributed by atoms with Crippen LogP contribution in [0.1, 0.15) is 42.2 Å². The van der Waals surface area contributed by atoms with Crippen molar-refractivity contribution in [1.82, 2.24) is 19.7 Å². The second-order valence-corrected chi connectivity index (χ2v) is 6.93. The van der Waals surface area contributed by atoms with Gasteiger partial charge in [-0.25, -0.2) is 14.6 Å². The normalized spacial score (nSPS) is 14.4. The fraction of sp³-hybridized carbons (Fsp3) is 0.333. The molecule has 4 rings (SSSR count). The lowest BCUT2D eigenvalue weighted by atomic mass is 10.1. The molecule has 0 amide bonds. The van der Waals surface area contributed by atoms with Gasteiger partial charge in [0.25, 0.3) is 0 Å². The molecule has 0 atom stereocenters. The number of ketones is 1. The van der Waals surface area contributed by atoms with Crippen molar-refractivity contribution >= 4 is 11.6 Å². The lowest BCUT2D eigenvalue weighted by Crippen LogP contribution is -2.30. The van der Waals surface area contributed by atoms with Gasteiger partial charge in [0.15, 0.2) is 17.4 Å². The van der Waals surface area contributed by atoms with Gasteiger partial charge in [-0.1, -0.05) is 30.3 Å². The molecule has 0 N–H and O–H groups in total. The van der Waals surface area contributed by atoms with Crippen molar-refractivity contribution in [3.8, 4) is 17.2 Å². The first-order valence-electron chi connectivity index (χ1n) is 9.39. The summed E-state index contributed by atoms with van der Waals surface area (Å²) < 4.78 is 1.73. The first kappa shape index (κ1) is 17.4. The molecular weight excluding hydrogens is 338 g/mol. The second-order valence-electron chi connectivity index (χ2n) is 6.93. The summed E-state index contributed by atoms with van der Waals surface area (Å²) in [5, 5.41) is 4.42. The molecule has 6 nitrogen and oxygen atoms in total. The third-order valence-electron chi connectivity index (χ3n) is 5.02. The average Bonchev–Trinajstić information content (AvgIpc) is 3.11. The summed E-state index contributed by atoms with van der Waals surface area (Å²) in [5.41, 5.74) is 2.38. The Morgan fingerprint density at radius 3 is 2.37 bits per heavy atom. The molecule has 0 saturated carbocycles. The van der Waals surface area contributed by atoms with Gasteiger partial charge in [0.05, 0.1) is 17.5 Å². The minimum atomic E-state index is 0.00680. The molecule has 0 spiro atoms. The van der Waals surface area contributed by atoms with E-state index in [0.717, 1.165) is 30.2 Å². The van der Waals surface area contributed by atoms with Gasteiger partial charge in [0, 0.05) is 24.7 Å². The first-order valence-corrected chi connectivity index (χ1v) is 9.39. The summed E-state index contributed by atoms with van der Waals surface area (Å²) in [4.78, 5) is 23.7. The molecule has 0 unspecified atom stereocenters. The van der Waals surface area contributed by atoms with E-state index in [1.807, 2.05) is 43.3 Å². The Morgan fingerprint density at radius 2 is 1.70 bits per heavy atom. The lowest BCUT2D eigenvalue weighted by molar-refractivity contribution is 0.101.